The van der Waals surface area contributed by atoms with E-state index in [2.05, 4.69) is 4.72 Å². The van der Waals surface area contributed by atoms with E-state index in [9.17, 15) is 13.5 Å². The van der Waals surface area contributed by atoms with E-state index in [1.54, 1.807) is 20.8 Å². The van der Waals surface area contributed by atoms with Crippen LogP contribution in [0.3, 0.4) is 0 Å². The van der Waals surface area contributed by atoms with Crippen molar-refractivity contribution in [2.45, 2.75) is 26.4 Å². The lowest BCUT2D eigenvalue weighted by molar-refractivity contribution is 0.0857. The summed E-state index contributed by atoms with van der Waals surface area (Å²) in [6, 6.07) is 0. The Hall–Kier alpha value is 0.160. The fraction of sp³-hybridized carbons (Fsp3) is 1.00. The van der Waals surface area contributed by atoms with Crippen molar-refractivity contribution in [1.29, 1.82) is 0 Å². The monoisotopic (exact) mass is 243 g/mol. The van der Waals surface area contributed by atoms with Crippen molar-refractivity contribution in [3.8, 4) is 0 Å². The number of alkyl halides is 1. The van der Waals surface area contributed by atoms with Crippen molar-refractivity contribution in [1.82, 2.24) is 4.72 Å². The molecule has 14 heavy (non-hydrogen) atoms. The highest BCUT2D eigenvalue weighted by Gasteiger charge is 2.19. The standard InChI is InChI=1S/C8H18ClNO3S/c1-7(4-9)5-14(12,13)10-6-8(2,3)11/h7,10-11H,4-6H2,1-3H3. The molecule has 0 aromatic heterocycles. The lowest BCUT2D eigenvalue weighted by Crippen LogP contribution is -2.40. The smallest absolute Gasteiger partial charge is 0.211 e. The molecule has 1 unspecified atom stereocenters. The second-order valence-electron chi connectivity index (χ2n) is 4.17. The third-order valence-corrected chi connectivity index (χ3v) is 3.61. The van der Waals surface area contributed by atoms with Crippen LogP contribution >= 0.6 is 11.6 Å². The average molecular weight is 244 g/mol. The Labute approximate surface area is 90.7 Å². The summed E-state index contributed by atoms with van der Waals surface area (Å²) in [4.78, 5) is 0. The van der Waals surface area contributed by atoms with Crippen LogP contribution in [0.4, 0.5) is 0 Å². The first-order valence-electron chi connectivity index (χ1n) is 4.42. The van der Waals surface area contributed by atoms with Gasteiger partial charge in [-0.1, -0.05) is 6.92 Å². The number of rotatable bonds is 6. The molecule has 0 bridgehead atoms. The molecule has 0 radical (unpaired) electrons. The first-order chi connectivity index (χ1) is 6.16. The van der Waals surface area contributed by atoms with Crippen LogP contribution in [-0.4, -0.2) is 37.3 Å². The van der Waals surface area contributed by atoms with Gasteiger partial charge in [0.25, 0.3) is 0 Å². The molecule has 0 amide bonds. The highest BCUT2D eigenvalue weighted by Crippen LogP contribution is 2.04. The summed E-state index contributed by atoms with van der Waals surface area (Å²) in [5, 5.41) is 9.32. The molecule has 0 aliphatic rings. The van der Waals surface area contributed by atoms with E-state index >= 15 is 0 Å². The van der Waals surface area contributed by atoms with Crippen LogP contribution in [0.1, 0.15) is 20.8 Å². The summed E-state index contributed by atoms with van der Waals surface area (Å²) in [6.07, 6.45) is 0. The van der Waals surface area contributed by atoms with Gasteiger partial charge >= 0.3 is 0 Å². The summed E-state index contributed by atoms with van der Waals surface area (Å²) in [5.41, 5.74) is -1.03. The van der Waals surface area contributed by atoms with E-state index in [1.807, 2.05) is 0 Å². The maximum Gasteiger partial charge on any atom is 0.211 e. The van der Waals surface area contributed by atoms with E-state index in [-0.39, 0.29) is 18.2 Å². The zero-order valence-corrected chi connectivity index (χ0v) is 10.3. The number of aliphatic hydroxyl groups is 1. The number of nitrogens with one attached hydrogen (secondary N) is 1. The molecule has 0 fully saturated rings. The van der Waals surface area contributed by atoms with Gasteiger partial charge in [0.2, 0.25) is 10.0 Å². The molecule has 2 N–H and O–H groups in total. The largest absolute Gasteiger partial charge is 0.389 e. The molecule has 0 heterocycles. The summed E-state index contributed by atoms with van der Waals surface area (Å²) in [7, 11) is -3.32. The predicted octanol–water partition coefficient (Wildman–Crippen LogP) is 0.552. The number of hydrogen-bond donors (Lipinski definition) is 2. The maximum atomic E-state index is 11.4. The van der Waals surface area contributed by atoms with E-state index in [0.717, 1.165) is 0 Å². The SMILES string of the molecule is CC(CCl)CS(=O)(=O)NCC(C)(C)O. The van der Waals surface area contributed by atoms with Gasteiger partial charge in [0.05, 0.1) is 11.4 Å². The van der Waals surface area contributed by atoms with Gasteiger partial charge < -0.3 is 5.11 Å². The van der Waals surface area contributed by atoms with Gasteiger partial charge in [0.15, 0.2) is 0 Å². The highest BCUT2D eigenvalue weighted by atomic mass is 35.5. The highest BCUT2D eigenvalue weighted by molar-refractivity contribution is 7.89. The molecule has 1 atom stereocenters. The lowest BCUT2D eigenvalue weighted by atomic mass is 10.1. The van der Waals surface area contributed by atoms with Crippen LogP contribution in [0.15, 0.2) is 0 Å². The maximum absolute atomic E-state index is 11.4. The molecule has 6 heteroatoms. The fourth-order valence-corrected chi connectivity index (χ4v) is 2.56. The van der Waals surface area contributed by atoms with Crippen LogP contribution in [0.5, 0.6) is 0 Å². The first kappa shape index (κ1) is 14.2. The normalized spacial score (nSPS) is 15.5. The third kappa shape index (κ3) is 7.55. The molecule has 4 nitrogen and oxygen atoms in total. The molecule has 0 aromatic rings. The Morgan fingerprint density at radius 3 is 2.36 bits per heavy atom. The van der Waals surface area contributed by atoms with Gasteiger partial charge in [-0.2, -0.15) is 0 Å². The topological polar surface area (TPSA) is 66.4 Å². The molecule has 0 spiro atoms. The van der Waals surface area contributed by atoms with Crippen molar-refractivity contribution in [3.05, 3.63) is 0 Å². The Kier molecular flexibility index (Phi) is 5.36. The van der Waals surface area contributed by atoms with E-state index in [4.69, 9.17) is 11.6 Å². The Bertz CT molecular complexity index is 258. The minimum atomic E-state index is -3.32. The summed E-state index contributed by atoms with van der Waals surface area (Å²) >= 11 is 5.51. The molecule has 0 aromatic carbocycles. The van der Waals surface area contributed by atoms with E-state index < -0.39 is 15.6 Å². The van der Waals surface area contributed by atoms with Crippen molar-refractivity contribution in [2.75, 3.05) is 18.2 Å². The van der Waals surface area contributed by atoms with Gasteiger partial charge in [-0.05, 0) is 19.8 Å². The molecular weight excluding hydrogens is 226 g/mol. The van der Waals surface area contributed by atoms with Gasteiger partial charge in [-0.25, -0.2) is 13.1 Å². The van der Waals surface area contributed by atoms with Crippen molar-refractivity contribution in [2.24, 2.45) is 5.92 Å². The number of halogens is 1. The van der Waals surface area contributed by atoms with E-state index in [1.165, 1.54) is 0 Å². The van der Waals surface area contributed by atoms with Gasteiger partial charge in [-0.3, -0.25) is 0 Å². The van der Waals surface area contributed by atoms with Crippen LogP contribution in [0.25, 0.3) is 0 Å². The van der Waals surface area contributed by atoms with Crippen molar-refractivity contribution >= 4 is 21.6 Å². The average Bonchev–Trinajstić information content (AvgIpc) is 1.99. The zero-order valence-electron chi connectivity index (χ0n) is 8.75. The molecule has 0 rings (SSSR count). The minimum Gasteiger partial charge on any atom is -0.389 e. The quantitative estimate of drug-likeness (QED) is 0.670. The molecular formula is C8H18ClNO3S. The third-order valence-electron chi connectivity index (χ3n) is 1.49. The van der Waals surface area contributed by atoms with Gasteiger partial charge in [-0.15, -0.1) is 11.6 Å². The van der Waals surface area contributed by atoms with Crippen molar-refractivity contribution in [3.63, 3.8) is 0 Å². The summed E-state index contributed by atoms with van der Waals surface area (Å²) in [5.74, 6) is 0.215. The second-order valence-corrected chi connectivity index (χ2v) is 6.33. The summed E-state index contributed by atoms with van der Waals surface area (Å²) < 4.78 is 25.1. The lowest BCUT2D eigenvalue weighted by Gasteiger charge is -2.18. The zero-order chi connectivity index (χ0) is 11.4. The first-order valence-corrected chi connectivity index (χ1v) is 6.60. The van der Waals surface area contributed by atoms with Crippen LogP contribution in [-0.2, 0) is 10.0 Å². The Balaban J connectivity index is 4.10. The molecule has 0 aliphatic carbocycles. The molecule has 86 valence electrons. The minimum absolute atomic E-state index is 0.00736. The van der Waals surface area contributed by atoms with E-state index in [0.29, 0.717) is 5.88 Å². The molecule has 0 aliphatic heterocycles. The molecule has 0 saturated carbocycles. The van der Waals surface area contributed by atoms with Crippen LogP contribution in [0.2, 0.25) is 0 Å². The Morgan fingerprint density at radius 2 is 2.00 bits per heavy atom. The second kappa shape index (κ2) is 5.30. The Morgan fingerprint density at radius 1 is 1.50 bits per heavy atom. The van der Waals surface area contributed by atoms with Gasteiger partial charge in [0.1, 0.15) is 0 Å². The summed E-state index contributed by atoms with van der Waals surface area (Å²) in [6.45, 7) is 4.86. The number of hydrogen-bond acceptors (Lipinski definition) is 3. The van der Waals surface area contributed by atoms with Crippen LogP contribution < -0.4 is 4.72 Å². The predicted molar refractivity (Wildman–Crippen MR) is 58.0 cm³/mol. The van der Waals surface area contributed by atoms with Crippen LogP contribution in [0, 0.1) is 5.92 Å². The van der Waals surface area contributed by atoms with Gasteiger partial charge in [0, 0.05) is 12.4 Å². The van der Waals surface area contributed by atoms with Crippen molar-refractivity contribution < 1.29 is 13.5 Å². The molecule has 0 saturated heterocycles. The number of sulfonamides is 1. The fourth-order valence-electron chi connectivity index (χ4n) is 0.765.